The van der Waals surface area contributed by atoms with Crippen molar-refractivity contribution >= 4 is 11.6 Å². The molecule has 0 saturated carbocycles. The van der Waals surface area contributed by atoms with Crippen LogP contribution in [0.2, 0.25) is 0 Å². The van der Waals surface area contributed by atoms with Gasteiger partial charge in [0.15, 0.2) is 5.43 Å². The van der Waals surface area contributed by atoms with Gasteiger partial charge in [-0.1, -0.05) is 12.1 Å². The van der Waals surface area contributed by atoms with Crippen LogP contribution in [0.4, 0.5) is 10.1 Å². The lowest BCUT2D eigenvalue weighted by Gasteiger charge is -2.05. The summed E-state index contributed by atoms with van der Waals surface area (Å²) in [4.78, 5) is 25.7. The molecule has 0 aliphatic carbocycles. The van der Waals surface area contributed by atoms with E-state index in [1.807, 2.05) is 0 Å². The number of anilines is 1. The zero-order valence-corrected chi connectivity index (χ0v) is 8.74. The third kappa shape index (κ3) is 2.39. The molecule has 0 aliphatic rings. The molecular formula is C12H9FN2O2. The summed E-state index contributed by atoms with van der Waals surface area (Å²) in [5, 5.41) is 2.33. The standard InChI is InChI=1S/C12H9FN2O2/c13-9-3-1-2-4-10(9)15-12(17)8-7-14-6-5-11(8)16/h1-7H,(H,14,16)(H,15,17). The molecule has 0 fully saturated rings. The second kappa shape index (κ2) is 4.61. The van der Waals surface area contributed by atoms with Gasteiger partial charge < -0.3 is 10.3 Å². The van der Waals surface area contributed by atoms with Gasteiger partial charge in [-0.2, -0.15) is 0 Å². The molecule has 0 bridgehead atoms. The molecule has 1 heterocycles. The first-order chi connectivity index (χ1) is 8.18. The van der Waals surface area contributed by atoms with Crippen LogP contribution in [0, 0.1) is 5.82 Å². The highest BCUT2D eigenvalue weighted by Gasteiger charge is 2.11. The van der Waals surface area contributed by atoms with E-state index in [-0.39, 0.29) is 11.3 Å². The molecule has 1 aromatic heterocycles. The third-order valence-corrected chi connectivity index (χ3v) is 2.19. The normalized spacial score (nSPS) is 9.94. The molecule has 86 valence electrons. The topological polar surface area (TPSA) is 62.0 Å². The Morgan fingerprint density at radius 2 is 2.00 bits per heavy atom. The number of hydrogen-bond donors (Lipinski definition) is 2. The smallest absolute Gasteiger partial charge is 0.261 e. The van der Waals surface area contributed by atoms with Crippen LogP contribution < -0.4 is 10.7 Å². The molecule has 2 N–H and O–H groups in total. The predicted molar refractivity (Wildman–Crippen MR) is 61.4 cm³/mol. The number of benzene rings is 1. The zero-order chi connectivity index (χ0) is 12.3. The summed E-state index contributed by atoms with van der Waals surface area (Å²) in [7, 11) is 0. The predicted octanol–water partition coefficient (Wildman–Crippen LogP) is 1.77. The first-order valence-electron chi connectivity index (χ1n) is 4.91. The van der Waals surface area contributed by atoms with Gasteiger partial charge in [-0.3, -0.25) is 9.59 Å². The number of pyridine rings is 1. The largest absolute Gasteiger partial charge is 0.367 e. The van der Waals surface area contributed by atoms with Crippen molar-refractivity contribution in [2.45, 2.75) is 0 Å². The van der Waals surface area contributed by atoms with Crippen LogP contribution in [-0.2, 0) is 0 Å². The number of para-hydroxylation sites is 1. The van der Waals surface area contributed by atoms with Gasteiger partial charge in [0.1, 0.15) is 11.4 Å². The van der Waals surface area contributed by atoms with Gasteiger partial charge in [-0.05, 0) is 12.1 Å². The van der Waals surface area contributed by atoms with E-state index in [9.17, 15) is 14.0 Å². The Kier molecular flexibility index (Phi) is 3.00. The maximum Gasteiger partial charge on any atom is 0.261 e. The van der Waals surface area contributed by atoms with Crippen molar-refractivity contribution in [3.63, 3.8) is 0 Å². The van der Waals surface area contributed by atoms with E-state index in [1.165, 1.54) is 36.7 Å². The van der Waals surface area contributed by atoms with Crippen molar-refractivity contribution in [3.8, 4) is 0 Å². The maximum atomic E-state index is 13.3. The lowest BCUT2D eigenvalue weighted by molar-refractivity contribution is 0.102. The van der Waals surface area contributed by atoms with E-state index in [1.54, 1.807) is 6.07 Å². The monoisotopic (exact) mass is 232 g/mol. The fourth-order valence-corrected chi connectivity index (χ4v) is 1.35. The number of rotatable bonds is 2. The molecule has 0 spiro atoms. The molecule has 5 heteroatoms. The van der Waals surface area contributed by atoms with Crippen LogP contribution in [0.1, 0.15) is 10.4 Å². The van der Waals surface area contributed by atoms with Crippen molar-refractivity contribution in [1.29, 1.82) is 0 Å². The SMILES string of the molecule is O=C(Nc1ccccc1F)c1c[nH]ccc1=O. The first kappa shape index (κ1) is 11.1. The van der Waals surface area contributed by atoms with E-state index in [2.05, 4.69) is 10.3 Å². The fourth-order valence-electron chi connectivity index (χ4n) is 1.35. The number of carbonyl (C=O) groups is 1. The molecule has 0 atom stereocenters. The van der Waals surface area contributed by atoms with Gasteiger partial charge in [-0.15, -0.1) is 0 Å². The molecule has 1 aromatic carbocycles. The lowest BCUT2D eigenvalue weighted by Crippen LogP contribution is -2.21. The van der Waals surface area contributed by atoms with Crippen LogP contribution in [0.25, 0.3) is 0 Å². The quantitative estimate of drug-likeness (QED) is 0.828. The van der Waals surface area contributed by atoms with E-state index in [0.717, 1.165) is 0 Å². The molecule has 17 heavy (non-hydrogen) atoms. The van der Waals surface area contributed by atoms with Gasteiger partial charge in [0.05, 0.1) is 5.69 Å². The number of amides is 1. The number of aromatic amines is 1. The summed E-state index contributed by atoms with van der Waals surface area (Å²) >= 11 is 0. The van der Waals surface area contributed by atoms with E-state index >= 15 is 0 Å². The van der Waals surface area contributed by atoms with Crippen LogP contribution >= 0.6 is 0 Å². The van der Waals surface area contributed by atoms with Crippen molar-refractivity contribution in [2.75, 3.05) is 5.32 Å². The Morgan fingerprint density at radius 1 is 1.24 bits per heavy atom. The highest BCUT2D eigenvalue weighted by molar-refractivity contribution is 6.03. The van der Waals surface area contributed by atoms with Crippen molar-refractivity contribution in [2.24, 2.45) is 0 Å². The summed E-state index contributed by atoms with van der Waals surface area (Å²) in [6, 6.07) is 6.99. The van der Waals surface area contributed by atoms with Crippen molar-refractivity contribution in [3.05, 3.63) is 64.3 Å². The zero-order valence-electron chi connectivity index (χ0n) is 8.74. The van der Waals surface area contributed by atoms with Crippen molar-refractivity contribution in [1.82, 2.24) is 4.98 Å². The number of halogens is 1. The Bertz CT molecular complexity index is 607. The van der Waals surface area contributed by atoms with Gasteiger partial charge in [0, 0.05) is 18.5 Å². The molecule has 0 unspecified atom stereocenters. The Morgan fingerprint density at radius 3 is 2.71 bits per heavy atom. The number of hydrogen-bond acceptors (Lipinski definition) is 2. The number of nitrogens with one attached hydrogen (secondary N) is 2. The van der Waals surface area contributed by atoms with Gasteiger partial charge in [0.2, 0.25) is 0 Å². The average Bonchev–Trinajstić information content (AvgIpc) is 2.32. The highest BCUT2D eigenvalue weighted by atomic mass is 19.1. The van der Waals surface area contributed by atoms with E-state index < -0.39 is 17.2 Å². The van der Waals surface area contributed by atoms with E-state index in [4.69, 9.17) is 0 Å². The Hall–Kier alpha value is -2.43. The minimum atomic E-state index is -0.642. The minimum Gasteiger partial charge on any atom is -0.367 e. The summed E-state index contributed by atoms with van der Waals surface area (Å²) < 4.78 is 13.3. The average molecular weight is 232 g/mol. The van der Waals surface area contributed by atoms with E-state index in [0.29, 0.717) is 0 Å². The summed E-state index contributed by atoms with van der Waals surface area (Å²) in [5.41, 5.74) is -0.436. The lowest BCUT2D eigenvalue weighted by atomic mass is 10.2. The summed E-state index contributed by atoms with van der Waals surface area (Å²) in [5.74, 6) is -1.19. The molecule has 0 aliphatic heterocycles. The van der Waals surface area contributed by atoms with Crippen LogP contribution in [-0.4, -0.2) is 10.9 Å². The summed E-state index contributed by atoms with van der Waals surface area (Å²) in [6.07, 6.45) is 2.70. The Balaban J connectivity index is 2.27. The molecule has 2 rings (SSSR count). The number of H-pyrrole nitrogens is 1. The fraction of sp³-hybridized carbons (Fsp3) is 0. The number of carbonyl (C=O) groups excluding carboxylic acids is 1. The molecule has 4 nitrogen and oxygen atoms in total. The second-order valence-corrected chi connectivity index (χ2v) is 3.36. The van der Waals surface area contributed by atoms with Crippen molar-refractivity contribution < 1.29 is 9.18 Å². The second-order valence-electron chi connectivity index (χ2n) is 3.36. The van der Waals surface area contributed by atoms with Crippen LogP contribution in [0.15, 0.2) is 47.5 Å². The molecule has 2 aromatic rings. The molecule has 0 radical (unpaired) electrons. The van der Waals surface area contributed by atoms with Gasteiger partial charge >= 0.3 is 0 Å². The first-order valence-corrected chi connectivity index (χ1v) is 4.91. The van der Waals surface area contributed by atoms with Crippen LogP contribution in [0.3, 0.4) is 0 Å². The van der Waals surface area contributed by atoms with Crippen LogP contribution in [0.5, 0.6) is 0 Å². The summed E-state index contributed by atoms with van der Waals surface area (Å²) in [6.45, 7) is 0. The number of aromatic nitrogens is 1. The molecule has 1 amide bonds. The highest BCUT2D eigenvalue weighted by Crippen LogP contribution is 2.12. The molecular weight excluding hydrogens is 223 g/mol. The maximum absolute atomic E-state index is 13.3. The minimum absolute atomic E-state index is 0.0424. The van der Waals surface area contributed by atoms with Gasteiger partial charge in [0.25, 0.3) is 5.91 Å². The molecule has 0 saturated heterocycles. The Labute approximate surface area is 96.1 Å². The third-order valence-electron chi connectivity index (χ3n) is 2.19. The van der Waals surface area contributed by atoms with Gasteiger partial charge in [-0.25, -0.2) is 4.39 Å².